The van der Waals surface area contributed by atoms with Crippen molar-refractivity contribution in [2.45, 2.75) is 17.5 Å². The van der Waals surface area contributed by atoms with E-state index in [1.165, 1.54) is 12.1 Å². The molecular formula is C16H10F5N3O2S2. The Morgan fingerprint density at radius 2 is 1.75 bits per heavy atom. The number of sulfonamides is 1. The molecule has 0 fully saturated rings. The molecule has 0 bridgehead atoms. The summed E-state index contributed by atoms with van der Waals surface area (Å²) >= 11 is 0.808. The quantitative estimate of drug-likeness (QED) is 0.609. The van der Waals surface area contributed by atoms with E-state index in [0.717, 1.165) is 29.5 Å². The van der Waals surface area contributed by atoms with Gasteiger partial charge in [-0.2, -0.15) is 13.2 Å². The van der Waals surface area contributed by atoms with E-state index in [-0.39, 0.29) is 16.6 Å². The van der Waals surface area contributed by atoms with Gasteiger partial charge in [0.1, 0.15) is 5.01 Å². The summed E-state index contributed by atoms with van der Waals surface area (Å²) < 4.78 is 90.9. The number of benzene rings is 2. The van der Waals surface area contributed by atoms with Crippen molar-refractivity contribution in [3.63, 3.8) is 0 Å². The molecule has 3 rings (SSSR count). The van der Waals surface area contributed by atoms with E-state index in [2.05, 4.69) is 14.9 Å². The van der Waals surface area contributed by atoms with Crippen LogP contribution in [0.25, 0.3) is 0 Å². The minimum Gasteiger partial charge on any atom is -0.253 e. The molecule has 0 aliphatic rings. The number of hydrogen-bond donors (Lipinski definition) is 1. The Morgan fingerprint density at radius 3 is 2.43 bits per heavy atom. The number of anilines is 1. The third-order valence-electron chi connectivity index (χ3n) is 3.50. The van der Waals surface area contributed by atoms with Crippen molar-refractivity contribution in [1.82, 2.24) is 10.2 Å². The molecule has 2 aromatic carbocycles. The molecule has 0 unspecified atom stereocenters. The van der Waals surface area contributed by atoms with Crippen LogP contribution in [0.4, 0.5) is 27.1 Å². The molecule has 0 amide bonds. The fraction of sp³-hybridized carbons (Fsp3) is 0.125. The van der Waals surface area contributed by atoms with Crippen LogP contribution in [0.1, 0.15) is 16.1 Å². The van der Waals surface area contributed by atoms with Crippen molar-refractivity contribution in [2.75, 3.05) is 4.72 Å². The van der Waals surface area contributed by atoms with Crippen LogP contribution < -0.4 is 4.72 Å². The van der Waals surface area contributed by atoms with Crippen LogP contribution in [0, 0.1) is 11.6 Å². The molecular weight excluding hydrogens is 425 g/mol. The van der Waals surface area contributed by atoms with Crippen molar-refractivity contribution in [2.24, 2.45) is 0 Å². The highest BCUT2D eigenvalue weighted by molar-refractivity contribution is 7.93. The highest BCUT2D eigenvalue weighted by atomic mass is 32.2. The number of hydrogen-bond acceptors (Lipinski definition) is 5. The zero-order valence-electron chi connectivity index (χ0n) is 13.7. The van der Waals surface area contributed by atoms with E-state index in [1.807, 2.05) is 0 Å². The maximum atomic E-state index is 13.2. The summed E-state index contributed by atoms with van der Waals surface area (Å²) in [5, 5.41) is 7.47. The summed E-state index contributed by atoms with van der Waals surface area (Å²) in [7, 11) is -4.24. The molecule has 0 atom stereocenters. The first kappa shape index (κ1) is 20.1. The number of aromatic nitrogens is 2. The lowest BCUT2D eigenvalue weighted by Gasteiger charge is -2.07. The predicted molar refractivity (Wildman–Crippen MR) is 91.3 cm³/mol. The maximum absolute atomic E-state index is 13.2. The van der Waals surface area contributed by atoms with E-state index >= 15 is 0 Å². The van der Waals surface area contributed by atoms with Gasteiger partial charge in [-0.25, -0.2) is 17.2 Å². The van der Waals surface area contributed by atoms with Crippen LogP contribution >= 0.6 is 11.3 Å². The maximum Gasteiger partial charge on any atom is 0.416 e. The molecule has 0 saturated carbocycles. The number of nitrogens with one attached hydrogen (secondary N) is 1. The number of nitrogens with zero attached hydrogens (tertiary/aromatic N) is 2. The monoisotopic (exact) mass is 435 g/mol. The summed E-state index contributed by atoms with van der Waals surface area (Å²) in [6.07, 6.45) is -4.48. The average molecular weight is 435 g/mol. The first-order chi connectivity index (χ1) is 13.0. The number of rotatable bonds is 5. The number of alkyl halides is 3. The fourth-order valence-corrected chi connectivity index (χ4v) is 4.23. The Labute approximate surface area is 159 Å². The first-order valence-electron chi connectivity index (χ1n) is 7.51. The average Bonchev–Trinajstić information content (AvgIpc) is 3.03. The van der Waals surface area contributed by atoms with Crippen LogP contribution in [0.3, 0.4) is 0 Å². The smallest absolute Gasteiger partial charge is 0.253 e. The Kier molecular flexibility index (Phi) is 5.35. The van der Waals surface area contributed by atoms with Gasteiger partial charge in [0.2, 0.25) is 5.13 Å². The molecule has 0 spiro atoms. The Morgan fingerprint density at radius 1 is 1.00 bits per heavy atom. The van der Waals surface area contributed by atoms with Gasteiger partial charge in [-0.15, -0.1) is 10.2 Å². The van der Waals surface area contributed by atoms with E-state index in [0.29, 0.717) is 17.7 Å². The van der Waals surface area contributed by atoms with Gasteiger partial charge >= 0.3 is 6.18 Å². The zero-order chi connectivity index (χ0) is 20.5. The van der Waals surface area contributed by atoms with Gasteiger partial charge in [-0.1, -0.05) is 29.5 Å². The van der Waals surface area contributed by atoms with Gasteiger partial charge in [0.15, 0.2) is 11.6 Å². The molecule has 1 N–H and O–H groups in total. The van der Waals surface area contributed by atoms with Gasteiger partial charge < -0.3 is 0 Å². The molecule has 1 aromatic heterocycles. The topological polar surface area (TPSA) is 72.0 Å². The van der Waals surface area contributed by atoms with Crippen LogP contribution in [0.15, 0.2) is 47.4 Å². The third kappa shape index (κ3) is 4.62. The van der Waals surface area contributed by atoms with Crippen LogP contribution in [-0.4, -0.2) is 18.6 Å². The number of halogens is 5. The SMILES string of the molecule is O=S(=O)(Nc1nnc(Cc2cccc(C(F)(F)F)c2)s1)c1ccc(F)c(F)c1. The van der Waals surface area contributed by atoms with E-state index in [9.17, 15) is 30.4 Å². The standard InChI is InChI=1S/C16H10F5N3O2S2/c17-12-5-4-11(8-13(12)18)28(25,26)24-15-23-22-14(27-15)7-9-2-1-3-10(6-9)16(19,20)21/h1-6,8H,7H2,(H,23,24). The Hall–Kier alpha value is -2.60. The molecule has 148 valence electrons. The minimum atomic E-state index is -4.48. The molecule has 1 heterocycles. The Balaban J connectivity index is 1.76. The van der Waals surface area contributed by atoms with E-state index in [1.54, 1.807) is 0 Å². The van der Waals surface area contributed by atoms with Crippen molar-refractivity contribution in [1.29, 1.82) is 0 Å². The molecule has 3 aromatic rings. The Bertz CT molecular complexity index is 1110. The van der Waals surface area contributed by atoms with Crippen LogP contribution in [-0.2, 0) is 22.6 Å². The summed E-state index contributed by atoms with van der Waals surface area (Å²) in [4.78, 5) is -0.513. The highest BCUT2D eigenvalue weighted by Crippen LogP contribution is 2.30. The van der Waals surface area contributed by atoms with E-state index < -0.39 is 38.3 Å². The predicted octanol–water partition coefficient (Wildman–Crippen LogP) is 4.23. The largest absolute Gasteiger partial charge is 0.416 e. The summed E-state index contributed by atoms with van der Waals surface area (Å²) in [5.41, 5.74) is -0.491. The second-order valence-corrected chi connectivity index (χ2v) is 8.30. The zero-order valence-corrected chi connectivity index (χ0v) is 15.3. The van der Waals surface area contributed by atoms with Crippen molar-refractivity contribution in [3.05, 3.63) is 70.2 Å². The lowest BCUT2D eigenvalue weighted by molar-refractivity contribution is -0.137. The van der Waals surface area contributed by atoms with Crippen LogP contribution in [0.2, 0.25) is 0 Å². The van der Waals surface area contributed by atoms with Gasteiger partial charge in [0.25, 0.3) is 10.0 Å². The second-order valence-electron chi connectivity index (χ2n) is 5.56. The fourth-order valence-electron chi connectivity index (χ4n) is 2.22. The van der Waals surface area contributed by atoms with Crippen molar-refractivity contribution < 1.29 is 30.4 Å². The molecule has 28 heavy (non-hydrogen) atoms. The van der Waals surface area contributed by atoms with Gasteiger partial charge in [0.05, 0.1) is 10.5 Å². The molecule has 12 heteroatoms. The molecule has 5 nitrogen and oxygen atoms in total. The van der Waals surface area contributed by atoms with Crippen molar-refractivity contribution >= 4 is 26.5 Å². The van der Waals surface area contributed by atoms with Gasteiger partial charge in [0, 0.05) is 6.42 Å². The lowest BCUT2D eigenvalue weighted by Crippen LogP contribution is -2.13. The van der Waals surface area contributed by atoms with Crippen molar-refractivity contribution in [3.8, 4) is 0 Å². The minimum absolute atomic E-state index is 0.00842. The normalized spacial score (nSPS) is 12.2. The van der Waals surface area contributed by atoms with Crippen LogP contribution in [0.5, 0.6) is 0 Å². The third-order valence-corrected chi connectivity index (χ3v) is 5.80. The lowest BCUT2D eigenvalue weighted by atomic mass is 10.1. The van der Waals surface area contributed by atoms with Gasteiger partial charge in [-0.3, -0.25) is 4.72 Å². The molecule has 0 radical (unpaired) electrons. The molecule has 0 aliphatic heterocycles. The summed E-state index contributed by atoms with van der Waals surface area (Å²) in [6, 6.07) is 6.70. The first-order valence-corrected chi connectivity index (χ1v) is 9.81. The van der Waals surface area contributed by atoms with Gasteiger partial charge in [-0.05, 0) is 29.8 Å². The second kappa shape index (κ2) is 7.43. The molecule has 0 saturated heterocycles. The molecule has 0 aliphatic carbocycles. The van der Waals surface area contributed by atoms with E-state index in [4.69, 9.17) is 0 Å². The highest BCUT2D eigenvalue weighted by Gasteiger charge is 2.30. The summed E-state index contributed by atoms with van der Waals surface area (Å²) in [5.74, 6) is -2.52. The summed E-state index contributed by atoms with van der Waals surface area (Å²) in [6.45, 7) is 0.